The first kappa shape index (κ1) is 20.5. The highest BCUT2D eigenvalue weighted by Gasteiger charge is 2.15. The van der Waals surface area contributed by atoms with Gasteiger partial charge in [0.2, 0.25) is 5.91 Å². The van der Waals surface area contributed by atoms with Crippen LogP contribution in [0.3, 0.4) is 0 Å². The van der Waals surface area contributed by atoms with Crippen molar-refractivity contribution in [2.24, 2.45) is 0 Å². The lowest BCUT2D eigenvalue weighted by Crippen LogP contribution is -2.34. The topological polar surface area (TPSA) is 78.5 Å². The van der Waals surface area contributed by atoms with Crippen molar-refractivity contribution in [1.82, 2.24) is 5.32 Å². The molecule has 0 bridgehead atoms. The molecule has 0 saturated carbocycles. The number of carboxylic acids is 1. The van der Waals surface area contributed by atoms with E-state index in [0.717, 1.165) is 6.42 Å². The van der Waals surface area contributed by atoms with Gasteiger partial charge in [-0.1, -0.05) is 42.5 Å². The molecule has 0 aliphatic heterocycles. The second-order valence-electron chi connectivity index (χ2n) is 6.77. The van der Waals surface area contributed by atoms with Crippen LogP contribution >= 0.6 is 0 Å². The van der Waals surface area contributed by atoms with Gasteiger partial charge in [-0.15, -0.1) is 0 Å². The van der Waals surface area contributed by atoms with E-state index in [0.29, 0.717) is 24.2 Å². The van der Waals surface area contributed by atoms with Crippen molar-refractivity contribution in [2.45, 2.75) is 51.7 Å². The van der Waals surface area contributed by atoms with E-state index < -0.39 is 12.0 Å². The number of hydrogen-bond acceptors (Lipinski definition) is 4. The van der Waals surface area contributed by atoms with Gasteiger partial charge in [0.1, 0.15) is 5.75 Å². The number of ether oxygens (including phenoxy) is 1. The molecule has 0 aliphatic carbocycles. The predicted molar refractivity (Wildman–Crippen MR) is 102 cm³/mol. The number of amides is 1. The van der Waals surface area contributed by atoms with Crippen molar-refractivity contribution < 1.29 is 19.4 Å². The lowest BCUT2D eigenvalue weighted by Gasteiger charge is -2.20. The Hall–Kier alpha value is -2.82. The maximum absolute atomic E-state index is 12.3. The molecule has 1 atom stereocenters. The molecule has 1 amide bonds. The molecule has 1 unspecified atom stereocenters. The molecule has 0 spiro atoms. The molecule has 5 nitrogen and oxygen atoms in total. The van der Waals surface area contributed by atoms with Gasteiger partial charge in [0.05, 0.1) is 12.1 Å². The Morgan fingerprint density at radius 2 is 1.70 bits per heavy atom. The first-order valence-electron chi connectivity index (χ1n) is 9.24. The van der Waals surface area contributed by atoms with Crippen LogP contribution in [0.25, 0.3) is 0 Å². The monoisotopic (exact) mass is 368 g/mol. The van der Waals surface area contributed by atoms with Crippen LogP contribution in [-0.4, -0.2) is 18.0 Å². The summed E-state index contributed by atoms with van der Waals surface area (Å²) >= 11 is 0. The number of hydrogen-bond donors (Lipinski definition) is 1. The minimum Gasteiger partial charge on any atom is -0.550 e. The largest absolute Gasteiger partial charge is 0.550 e. The number of rotatable bonds is 10. The molecule has 5 heteroatoms. The van der Waals surface area contributed by atoms with Crippen molar-refractivity contribution >= 4 is 11.9 Å². The number of aryl methyl sites for hydroxylation is 1. The van der Waals surface area contributed by atoms with Crippen LogP contribution in [0.15, 0.2) is 54.6 Å². The van der Waals surface area contributed by atoms with Crippen LogP contribution in [0, 0.1) is 0 Å². The molecule has 0 radical (unpaired) electrons. The Morgan fingerprint density at radius 1 is 1.04 bits per heavy atom. The van der Waals surface area contributed by atoms with Crippen LogP contribution in [0.5, 0.6) is 5.75 Å². The second kappa shape index (κ2) is 10.4. The highest BCUT2D eigenvalue weighted by atomic mass is 16.5. The quantitative estimate of drug-likeness (QED) is 0.699. The van der Waals surface area contributed by atoms with Gasteiger partial charge in [-0.05, 0) is 49.9 Å². The van der Waals surface area contributed by atoms with Crippen LogP contribution < -0.4 is 15.2 Å². The van der Waals surface area contributed by atoms with Crippen molar-refractivity contribution in [1.29, 1.82) is 0 Å². The Kier molecular flexibility index (Phi) is 7.86. The maximum Gasteiger partial charge on any atom is 0.220 e. The normalized spacial score (nSPS) is 11.8. The van der Waals surface area contributed by atoms with Crippen LogP contribution in [0.2, 0.25) is 0 Å². The third kappa shape index (κ3) is 7.52. The molecule has 144 valence electrons. The van der Waals surface area contributed by atoms with Crippen LogP contribution in [0.4, 0.5) is 0 Å². The molecule has 27 heavy (non-hydrogen) atoms. The zero-order valence-corrected chi connectivity index (χ0v) is 15.8. The third-order valence-electron chi connectivity index (χ3n) is 4.07. The highest BCUT2D eigenvalue weighted by molar-refractivity contribution is 5.77. The number of carbonyl (C=O) groups is 2. The fourth-order valence-corrected chi connectivity index (χ4v) is 2.83. The number of benzene rings is 2. The summed E-state index contributed by atoms with van der Waals surface area (Å²) in [5.41, 5.74) is 1.89. The first-order valence-corrected chi connectivity index (χ1v) is 9.24. The summed E-state index contributed by atoms with van der Waals surface area (Å²) in [4.78, 5) is 23.4. The summed E-state index contributed by atoms with van der Waals surface area (Å²) in [6, 6.07) is 16.4. The van der Waals surface area contributed by atoms with Gasteiger partial charge in [0, 0.05) is 18.8 Å². The van der Waals surface area contributed by atoms with Gasteiger partial charge in [0.25, 0.3) is 0 Å². The van der Waals surface area contributed by atoms with Gasteiger partial charge in [0.15, 0.2) is 0 Å². The Morgan fingerprint density at radius 3 is 2.30 bits per heavy atom. The van der Waals surface area contributed by atoms with Crippen molar-refractivity contribution in [3.8, 4) is 5.75 Å². The molecular weight excluding hydrogens is 342 g/mol. The van der Waals surface area contributed by atoms with Gasteiger partial charge < -0.3 is 20.0 Å². The van der Waals surface area contributed by atoms with Gasteiger partial charge >= 0.3 is 0 Å². The van der Waals surface area contributed by atoms with Crippen molar-refractivity contribution in [3.63, 3.8) is 0 Å². The summed E-state index contributed by atoms with van der Waals surface area (Å²) in [6.45, 7) is 3.87. The zero-order chi connectivity index (χ0) is 19.6. The maximum atomic E-state index is 12.3. The Balaban J connectivity index is 1.92. The number of aliphatic carboxylic acids is 1. The van der Waals surface area contributed by atoms with Crippen LogP contribution in [0.1, 0.15) is 50.3 Å². The summed E-state index contributed by atoms with van der Waals surface area (Å²) in [7, 11) is 0. The third-order valence-corrected chi connectivity index (χ3v) is 4.07. The fraction of sp³-hybridized carbons (Fsp3) is 0.364. The molecule has 2 aromatic carbocycles. The van der Waals surface area contributed by atoms with Gasteiger partial charge in [-0.3, -0.25) is 4.79 Å². The van der Waals surface area contributed by atoms with Gasteiger partial charge in [-0.25, -0.2) is 0 Å². The summed E-state index contributed by atoms with van der Waals surface area (Å²) in [6.07, 6.45) is 1.64. The van der Waals surface area contributed by atoms with E-state index in [-0.39, 0.29) is 18.4 Å². The van der Waals surface area contributed by atoms with E-state index in [1.165, 1.54) is 5.56 Å². The standard InChI is InChI=1S/C22H27NO4/c1-16(2)27-19-13-11-18(12-14-19)20(15-22(25)26)23-21(24)10-6-9-17-7-4-3-5-8-17/h3-5,7-8,11-14,16,20H,6,9-10,15H2,1-2H3,(H,23,24)(H,25,26)/p-1. The van der Waals surface area contributed by atoms with E-state index in [4.69, 9.17) is 4.74 Å². The summed E-state index contributed by atoms with van der Waals surface area (Å²) < 4.78 is 5.59. The average Bonchev–Trinajstić information content (AvgIpc) is 2.62. The van der Waals surface area contributed by atoms with Crippen molar-refractivity contribution in [2.75, 3.05) is 0 Å². The summed E-state index contributed by atoms with van der Waals surface area (Å²) in [5, 5.41) is 13.9. The lowest BCUT2D eigenvalue weighted by molar-refractivity contribution is -0.306. The minimum atomic E-state index is -1.20. The molecule has 0 aromatic heterocycles. The number of carbonyl (C=O) groups excluding carboxylic acids is 2. The summed E-state index contributed by atoms with van der Waals surface area (Å²) in [5.74, 6) is -0.665. The molecule has 0 aliphatic rings. The van der Waals surface area contributed by atoms with Crippen molar-refractivity contribution in [3.05, 3.63) is 65.7 Å². The SMILES string of the molecule is CC(C)Oc1ccc(C(CC(=O)[O-])NC(=O)CCCc2ccccc2)cc1. The van der Waals surface area contributed by atoms with E-state index in [2.05, 4.69) is 5.32 Å². The van der Waals surface area contributed by atoms with E-state index in [1.807, 2.05) is 44.2 Å². The van der Waals surface area contributed by atoms with Crippen LogP contribution in [-0.2, 0) is 16.0 Å². The zero-order valence-electron chi connectivity index (χ0n) is 15.8. The van der Waals surface area contributed by atoms with Gasteiger partial charge in [-0.2, -0.15) is 0 Å². The van der Waals surface area contributed by atoms with E-state index in [9.17, 15) is 14.7 Å². The molecule has 2 aromatic rings. The Bertz CT molecular complexity index is 726. The molecule has 1 N–H and O–H groups in total. The Labute approximate surface area is 160 Å². The number of nitrogens with one attached hydrogen (secondary N) is 1. The predicted octanol–water partition coefficient (Wildman–Crippen LogP) is 2.79. The molecule has 0 fully saturated rings. The smallest absolute Gasteiger partial charge is 0.220 e. The molecular formula is C22H26NO4-. The minimum absolute atomic E-state index is 0.0548. The fourth-order valence-electron chi connectivity index (χ4n) is 2.83. The number of carboxylic acid groups (broad SMARTS) is 1. The second-order valence-corrected chi connectivity index (χ2v) is 6.77. The molecule has 0 saturated heterocycles. The molecule has 2 rings (SSSR count). The first-order chi connectivity index (χ1) is 12.9. The van der Waals surface area contributed by atoms with E-state index in [1.54, 1.807) is 24.3 Å². The highest BCUT2D eigenvalue weighted by Crippen LogP contribution is 2.21. The molecule has 0 heterocycles. The lowest BCUT2D eigenvalue weighted by atomic mass is 10.0. The average molecular weight is 368 g/mol. The van der Waals surface area contributed by atoms with E-state index >= 15 is 0 Å².